The van der Waals surface area contributed by atoms with Crippen LogP contribution in [0.15, 0.2) is 78.9 Å². The zero-order chi connectivity index (χ0) is 26.5. The van der Waals surface area contributed by atoms with E-state index >= 15 is 0 Å². The average molecular weight is 521 g/mol. The Balaban J connectivity index is 1.10. The Labute approximate surface area is 220 Å². The number of rotatable bonds is 8. The van der Waals surface area contributed by atoms with Crippen LogP contribution in [0.4, 0.5) is 24.5 Å². The summed E-state index contributed by atoms with van der Waals surface area (Å²) in [7, 11) is 0. The van der Waals surface area contributed by atoms with Crippen LogP contribution in [0.25, 0.3) is 10.9 Å². The van der Waals surface area contributed by atoms with Gasteiger partial charge in [-0.25, -0.2) is 0 Å². The first-order valence-electron chi connectivity index (χ1n) is 12.8. The van der Waals surface area contributed by atoms with Gasteiger partial charge in [-0.1, -0.05) is 42.5 Å². The van der Waals surface area contributed by atoms with Crippen molar-refractivity contribution in [3.8, 4) is 5.75 Å². The Hall–Kier alpha value is -3.62. The van der Waals surface area contributed by atoms with E-state index in [2.05, 4.69) is 26.2 Å². The summed E-state index contributed by atoms with van der Waals surface area (Å²) in [6, 6.07) is 23.7. The van der Waals surface area contributed by atoms with E-state index in [1.807, 2.05) is 55.5 Å². The number of ether oxygens (including phenoxy) is 1. The number of aromatic nitrogens is 1. The van der Waals surface area contributed by atoms with Crippen LogP contribution < -0.4 is 10.1 Å². The Morgan fingerprint density at radius 2 is 1.63 bits per heavy atom. The third-order valence-electron chi connectivity index (χ3n) is 6.76. The number of fused-ring (bicyclic) bond motifs is 1. The average Bonchev–Trinajstić information content (AvgIpc) is 2.90. The van der Waals surface area contributed by atoms with Crippen LogP contribution in [0, 0.1) is 6.92 Å². The molecule has 0 unspecified atom stereocenters. The fourth-order valence-electron chi connectivity index (χ4n) is 4.80. The highest BCUT2D eigenvalue weighted by Gasteiger charge is 2.30. The summed E-state index contributed by atoms with van der Waals surface area (Å²) in [5.74, 6) is 0.799. The Kier molecular flexibility index (Phi) is 7.81. The number of nitrogens with one attached hydrogen (secondary N) is 1. The first-order valence-corrected chi connectivity index (χ1v) is 12.8. The fourth-order valence-corrected chi connectivity index (χ4v) is 4.80. The highest BCUT2D eigenvalue weighted by molar-refractivity contribution is 5.93. The molecule has 5 rings (SSSR count). The molecule has 1 fully saturated rings. The van der Waals surface area contributed by atoms with Gasteiger partial charge in [0.1, 0.15) is 12.4 Å². The molecule has 5 nitrogen and oxygen atoms in total. The Morgan fingerprint density at radius 1 is 0.868 bits per heavy atom. The van der Waals surface area contributed by atoms with Gasteiger partial charge in [0.05, 0.1) is 11.1 Å². The van der Waals surface area contributed by atoms with Crippen molar-refractivity contribution < 1.29 is 17.9 Å². The number of para-hydroxylation sites is 1. The summed E-state index contributed by atoms with van der Waals surface area (Å²) in [4.78, 5) is 9.14. The topological polar surface area (TPSA) is 40.6 Å². The molecule has 3 aromatic carbocycles. The summed E-state index contributed by atoms with van der Waals surface area (Å²) in [5.41, 5.74) is 3.97. The van der Waals surface area contributed by atoms with Crippen molar-refractivity contribution >= 4 is 22.3 Å². The lowest BCUT2D eigenvalue weighted by Crippen LogP contribution is -2.47. The summed E-state index contributed by atoms with van der Waals surface area (Å²) < 4.78 is 45.0. The number of pyridine rings is 1. The zero-order valence-corrected chi connectivity index (χ0v) is 21.3. The van der Waals surface area contributed by atoms with Gasteiger partial charge in [0.2, 0.25) is 0 Å². The molecule has 8 heteroatoms. The lowest BCUT2D eigenvalue weighted by Gasteiger charge is -2.34. The predicted molar refractivity (Wildman–Crippen MR) is 145 cm³/mol. The van der Waals surface area contributed by atoms with E-state index in [1.54, 1.807) is 6.07 Å². The Bertz CT molecular complexity index is 1380. The van der Waals surface area contributed by atoms with E-state index in [9.17, 15) is 13.2 Å². The molecular weight excluding hydrogens is 489 g/mol. The molecule has 0 radical (unpaired) electrons. The minimum Gasteiger partial charge on any atom is -0.492 e. The molecule has 0 bridgehead atoms. The van der Waals surface area contributed by atoms with E-state index < -0.39 is 11.7 Å². The quantitative estimate of drug-likeness (QED) is 0.287. The number of halogens is 3. The van der Waals surface area contributed by atoms with Crippen molar-refractivity contribution in [2.75, 3.05) is 44.6 Å². The number of aryl methyl sites for hydroxylation is 1. The van der Waals surface area contributed by atoms with Crippen LogP contribution in [0.5, 0.6) is 5.75 Å². The number of hydrogen-bond donors (Lipinski definition) is 1. The summed E-state index contributed by atoms with van der Waals surface area (Å²) in [5, 5.41) is 4.57. The number of nitrogens with zero attached hydrogens (tertiary/aromatic N) is 3. The molecule has 1 N–H and O–H groups in total. The van der Waals surface area contributed by atoms with Crippen molar-refractivity contribution in [3.63, 3.8) is 0 Å². The van der Waals surface area contributed by atoms with Crippen molar-refractivity contribution in [3.05, 3.63) is 95.7 Å². The van der Waals surface area contributed by atoms with Crippen LogP contribution in [0.1, 0.15) is 16.8 Å². The third-order valence-corrected chi connectivity index (χ3v) is 6.76. The molecule has 0 aliphatic carbocycles. The smallest absolute Gasteiger partial charge is 0.416 e. The highest BCUT2D eigenvalue weighted by Crippen LogP contribution is 2.30. The summed E-state index contributed by atoms with van der Waals surface area (Å²) in [6.45, 7) is 7.22. The van der Waals surface area contributed by atoms with Crippen molar-refractivity contribution in [1.82, 2.24) is 14.8 Å². The molecule has 198 valence electrons. The van der Waals surface area contributed by atoms with Crippen molar-refractivity contribution in [2.24, 2.45) is 0 Å². The minimum absolute atomic E-state index is 0.528. The van der Waals surface area contributed by atoms with Gasteiger partial charge in [-0.3, -0.25) is 14.8 Å². The standard InChI is InChI=1S/C30H31F3N4O/c1-22-18-29(27-10-2-3-11-28(27)34-22)35-25-8-5-9-26(20-25)38-17-16-36-12-14-37(15-13-36)21-23-6-4-7-24(19-23)30(31,32)33/h2-11,18-20H,12-17,21H2,1H3,(H,34,35). The first kappa shape index (κ1) is 26.0. The van der Waals surface area contributed by atoms with Gasteiger partial charge in [-0.05, 0) is 42.8 Å². The van der Waals surface area contributed by atoms with E-state index in [0.717, 1.165) is 72.5 Å². The second kappa shape index (κ2) is 11.4. The van der Waals surface area contributed by atoms with Gasteiger partial charge in [0, 0.05) is 67.8 Å². The molecule has 4 aromatic rings. The maximum absolute atomic E-state index is 13.0. The normalized spacial score (nSPS) is 15.1. The van der Waals surface area contributed by atoms with Gasteiger partial charge in [-0.2, -0.15) is 13.2 Å². The molecule has 1 aliphatic rings. The van der Waals surface area contributed by atoms with Crippen LogP contribution in [0.2, 0.25) is 0 Å². The van der Waals surface area contributed by atoms with Gasteiger partial charge >= 0.3 is 6.18 Å². The van der Waals surface area contributed by atoms with E-state index in [1.165, 1.54) is 12.1 Å². The molecule has 0 atom stereocenters. The second-order valence-electron chi connectivity index (χ2n) is 9.65. The predicted octanol–water partition coefficient (Wildman–Crippen LogP) is 6.50. The molecular formula is C30H31F3N4O. The van der Waals surface area contributed by atoms with Crippen LogP contribution >= 0.6 is 0 Å². The molecule has 1 saturated heterocycles. The van der Waals surface area contributed by atoms with Crippen LogP contribution in [0.3, 0.4) is 0 Å². The molecule has 1 aliphatic heterocycles. The summed E-state index contributed by atoms with van der Waals surface area (Å²) >= 11 is 0. The first-order chi connectivity index (χ1) is 18.3. The van der Waals surface area contributed by atoms with E-state index in [0.29, 0.717) is 18.7 Å². The number of piperazine rings is 1. The van der Waals surface area contributed by atoms with Gasteiger partial charge in [0.15, 0.2) is 0 Å². The largest absolute Gasteiger partial charge is 0.492 e. The third kappa shape index (κ3) is 6.62. The summed E-state index contributed by atoms with van der Waals surface area (Å²) in [6.07, 6.45) is -4.31. The van der Waals surface area contributed by atoms with Crippen LogP contribution in [-0.2, 0) is 12.7 Å². The number of benzene rings is 3. The molecule has 38 heavy (non-hydrogen) atoms. The van der Waals surface area contributed by atoms with Gasteiger partial charge in [-0.15, -0.1) is 0 Å². The SMILES string of the molecule is Cc1cc(Nc2cccc(OCCN3CCN(Cc4cccc(C(F)(F)F)c4)CC3)c2)c2ccccc2n1. The number of anilines is 2. The minimum atomic E-state index is -4.31. The number of hydrogen-bond acceptors (Lipinski definition) is 5. The lowest BCUT2D eigenvalue weighted by atomic mass is 10.1. The maximum atomic E-state index is 13.0. The Morgan fingerprint density at radius 3 is 2.45 bits per heavy atom. The molecule has 2 heterocycles. The lowest BCUT2D eigenvalue weighted by molar-refractivity contribution is -0.137. The molecule has 0 saturated carbocycles. The fraction of sp³-hybridized carbons (Fsp3) is 0.300. The van der Waals surface area contributed by atoms with Crippen LogP contribution in [-0.4, -0.2) is 54.1 Å². The van der Waals surface area contributed by atoms with Gasteiger partial charge in [0.25, 0.3) is 0 Å². The highest BCUT2D eigenvalue weighted by atomic mass is 19.4. The monoisotopic (exact) mass is 520 g/mol. The van der Waals surface area contributed by atoms with Crippen molar-refractivity contribution in [1.29, 1.82) is 0 Å². The van der Waals surface area contributed by atoms with Crippen molar-refractivity contribution in [2.45, 2.75) is 19.6 Å². The zero-order valence-electron chi connectivity index (χ0n) is 21.3. The maximum Gasteiger partial charge on any atom is 0.416 e. The second-order valence-corrected chi connectivity index (χ2v) is 9.65. The van der Waals surface area contributed by atoms with E-state index in [4.69, 9.17) is 4.74 Å². The molecule has 1 aromatic heterocycles. The molecule has 0 spiro atoms. The number of alkyl halides is 3. The van der Waals surface area contributed by atoms with Gasteiger partial charge < -0.3 is 10.1 Å². The molecule has 0 amide bonds. The van der Waals surface area contributed by atoms with E-state index in [-0.39, 0.29) is 0 Å².